The van der Waals surface area contributed by atoms with Crippen LogP contribution in [0.4, 0.5) is 5.13 Å². The Balaban J connectivity index is 1.50. The first-order valence-corrected chi connectivity index (χ1v) is 8.75. The third kappa shape index (κ3) is 3.46. The van der Waals surface area contributed by atoms with Crippen molar-refractivity contribution in [2.75, 3.05) is 5.32 Å². The van der Waals surface area contributed by atoms with Crippen molar-refractivity contribution < 1.29 is 4.79 Å². The number of hydrogen-bond acceptors (Lipinski definition) is 6. The van der Waals surface area contributed by atoms with Crippen LogP contribution >= 0.6 is 22.9 Å². The van der Waals surface area contributed by atoms with Gasteiger partial charge in [0.25, 0.3) is 5.91 Å². The molecule has 0 aliphatic carbocycles. The highest BCUT2D eigenvalue weighted by Crippen LogP contribution is 2.24. The van der Waals surface area contributed by atoms with Gasteiger partial charge in [-0.3, -0.25) is 15.1 Å². The number of aromatic nitrogens is 5. The SMILES string of the molecule is O=C(Nc1nnc(-c2ccccn2)s1)c1cnn(-c2cccc(Cl)c2)c1. The Kier molecular flexibility index (Phi) is 4.42. The van der Waals surface area contributed by atoms with Crippen molar-refractivity contribution >= 4 is 34.0 Å². The Morgan fingerprint density at radius 1 is 1.15 bits per heavy atom. The molecular weight excluding hydrogens is 372 g/mol. The Bertz CT molecular complexity index is 1060. The molecular formula is C17H11ClN6OS. The minimum Gasteiger partial charge on any atom is -0.296 e. The predicted octanol–water partition coefficient (Wildman–Crippen LogP) is 3.69. The molecule has 0 saturated carbocycles. The van der Waals surface area contributed by atoms with Gasteiger partial charge in [-0.05, 0) is 30.3 Å². The van der Waals surface area contributed by atoms with Crippen molar-refractivity contribution in [1.29, 1.82) is 0 Å². The van der Waals surface area contributed by atoms with Crippen LogP contribution in [0.3, 0.4) is 0 Å². The maximum Gasteiger partial charge on any atom is 0.260 e. The van der Waals surface area contributed by atoms with E-state index in [1.807, 2.05) is 30.3 Å². The van der Waals surface area contributed by atoms with Crippen molar-refractivity contribution in [3.05, 3.63) is 71.6 Å². The van der Waals surface area contributed by atoms with E-state index in [1.165, 1.54) is 17.5 Å². The molecule has 1 amide bonds. The molecule has 0 bridgehead atoms. The molecule has 4 rings (SSSR count). The Morgan fingerprint density at radius 2 is 2.08 bits per heavy atom. The predicted molar refractivity (Wildman–Crippen MR) is 99.7 cm³/mol. The molecule has 3 heterocycles. The summed E-state index contributed by atoms with van der Waals surface area (Å²) in [6, 6.07) is 12.7. The van der Waals surface area contributed by atoms with Crippen LogP contribution in [-0.4, -0.2) is 30.9 Å². The van der Waals surface area contributed by atoms with Crippen LogP contribution < -0.4 is 5.32 Å². The minimum atomic E-state index is -0.318. The van der Waals surface area contributed by atoms with E-state index >= 15 is 0 Å². The van der Waals surface area contributed by atoms with Gasteiger partial charge in [0.15, 0.2) is 5.01 Å². The van der Waals surface area contributed by atoms with Crippen LogP contribution in [-0.2, 0) is 0 Å². The molecule has 3 aromatic heterocycles. The number of carbonyl (C=O) groups excluding carboxylic acids is 1. The summed E-state index contributed by atoms with van der Waals surface area (Å²) >= 11 is 7.24. The summed E-state index contributed by atoms with van der Waals surface area (Å²) in [4.78, 5) is 16.6. The van der Waals surface area contributed by atoms with Gasteiger partial charge < -0.3 is 0 Å². The second-order valence-corrected chi connectivity index (χ2v) is 6.65. The third-order valence-corrected chi connectivity index (χ3v) is 4.54. The fraction of sp³-hybridized carbons (Fsp3) is 0. The van der Waals surface area contributed by atoms with Crippen molar-refractivity contribution in [2.45, 2.75) is 0 Å². The smallest absolute Gasteiger partial charge is 0.260 e. The maximum atomic E-state index is 12.4. The number of nitrogens with zero attached hydrogens (tertiary/aromatic N) is 5. The monoisotopic (exact) mass is 382 g/mol. The first-order chi connectivity index (χ1) is 12.7. The van der Waals surface area contributed by atoms with Gasteiger partial charge in [0, 0.05) is 17.4 Å². The van der Waals surface area contributed by atoms with E-state index in [0.717, 1.165) is 5.69 Å². The highest BCUT2D eigenvalue weighted by Gasteiger charge is 2.14. The van der Waals surface area contributed by atoms with E-state index in [-0.39, 0.29) is 5.91 Å². The standard InChI is InChI=1S/C17H11ClN6OS/c18-12-4-3-5-13(8-12)24-10-11(9-20-24)15(25)21-17-23-22-16(26-17)14-6-1-2-7-19-14/h1-10H,(H,21,23,25). The number of pyridine rings is 1. The molecule has 1 N–H and O–H groups in total. The number of anilines is 1. The van der Waals surface area contributed by atoms with E-state index in [1.54, 1.807) is 29.2 Å². The zero-order valence-electron chi connectivity index (χ0n) is 13.2. The summed E-state index contributed by atoms with van der Waals surface area (Å²) in [6.07, 6.45) is 4.79. The Hall–Kier alpha value is -3.10. The van der Waals surface area contributed by atoms with Crippen LogP contribution in [0.5, 0.6) is 0 Å². The quantitative estimate of drug-likeness (QED) is 0.581. The van der Waals surface area contributed by atoms with E-state index in [9.17, 15) is 4.79 Å². The van der Waals surface area contributed by atoms with Gasteiger partial charge in [-0.25, -0.2) is 4.68 Å². The number of benzene rings is 1. The van der Waals surface area contributed by atoms with Crippen molar-refractivity contribution in [3.8, 4) is 16.4 Å². The largest absolute Gasteiger partial charge is 0.296 e. The lowest BCUT2D eigenvalue weighted by Gasteiger charge is -2.01. The average molecular weight is 383 g/mol. The summed E-state index contributed by atoms with van der Waals surface area (Å²) in [5, 5.41) is 16.6. The molecule has 9 heteroatoms. The Morgan fingerprint density at radius 3 is 2.88 bits per heavy atom. The maximum absolute atomic E-state index is 12.4. The number of rotatable bonds is 4. The van der Waals surface area contributed by atoms with Crippen LogP contribution in [0.2, 0.25) is 5.02 Å². The fourth-order valence-corrected chi connectivity index (χ4v) is 3.14. The Labute approximate surface area is 157 Å². The van der Waals surface area contributed by atoms with Gasteiger partial charge in [-0.1, -0.05) is 35.1 Å². The van der Waals surface area contributed by atoms with E-state index in [0.29, 0.717) is 26.4 Å². The minimum absolute atomic E-state index is 0.318. The molecule has 0 aliphatic heterocycles. The van der Waals surface area contributed by atoms with Gasteiger partial charge in [0.05, 0.1) is 17.4 Å². The molecule has 0 radical (unpaired) electrons. The molecule has 0 atom stereocenters. The van der Waals surface area contributed by atoms with Gasteiger partial charge in [-0.15, -0.1) is 10.2 Å². The van der Waals surface area contributed by atoms with Crippen LogP contribution in [0.25, 0.3) is 16.4 Å². The molecule has 0 saturated heterocycles. The number of nitrogens with one attached hydrogen (secondary N) is 1. The van der Waals surface area contributed by atoms with Crippen LogP contribution in [0.1, 0.15) is 10.4 Å². The molecule has 7 nitrogen and oxygen atoms in total. The number of halogens is 1. The highest BCUT2D eigenvalue weighted by molar-refractivity contribution is 7.18. The van der Waals surface area contributed by atoms with Crippen molar-refractivity contribution in [1.82, 2.24) is 25.0 Å². The topological polar surface area (TPSA) is 85.6 Å². The second kappa shape index (κ2) is 7.03. The lowest BCUT2D eigenvalue weighted by molar-refractivity contribution is 0.102. The van der Waals surface area contributed by atoms with Gasteiger partial charge in [0.2, 0.25) is 5.13 Å². The normalized spacial score (nSPS) is 10.7. The van der Waals surface area contributed by atoms with Crippen molar-refractivity contribution in [3.63, 3.8) is 0 Å². The van der Waals surface area contributed by atoms with E-state index in [4.69, 9.17) is 11.6 Å². The molecule has 0 unspecified atom stereocenters. The van der Waals surface area contributed by atoms with E-state index in [2.05, 4.69) is 25.6 Å². The fourth-order valence-electron chi connectivity index (χ4n) is 2.24. The zero-order chi connectivity index (χ0) is 17.9. The molecule has 1 aromatic carbocycles. The third-order valence-electron chi connectivity index (χ3n) is 3.45. The first kappa shape index (κ1) is 16.4. The lowest BCUT2D eigenvalue weighted by atomic mass is 10.3. The summed E-state index contributed by atoms with van der Waals surface area (Å²) in [7, 11) is 0. The lowest BCUT2D eigenvalue weighted by Crippen LogP contribution is -2.10. The molecule has 0 fully saturated rings. The summed E-state index contributed by atoms with van der Waals surface area (Å²) in [5.41, 5.74) is 1.88. The molecule has 26 heavy (non-hydrogen) atoms. The summed E-state index contributed by atoms with van der Waals surface area (Å²) in [5.74, 6) is -0.318. The molecule has 0 aliphatic rings. The van der Waals surface area contributed by atoms with E-state index < -0.39 is 0 Å². The van der Waals surface area contributed by atoms with Crippen molar-refractivity contribution in [2.24, 2.45) is 0 Å². The van der Waals surface area contributed by atoms with Gasteiger partial charge >= 0.3 is 0 Å². The number of hydrogen-bond donors (Lipinski definition) is 1. The highest BCUT2D eigenvalue weighted by atomic mass is 35.5. The zero-order valence-corrected chi connectivity index (χ0v) is 14.8. The molecule has 0 spiro atoms. The number of amides is 1. The van der Waals surface area contributed by atoms with Gasteiger partial charge in [0.1, 0.15) is 5.69 Å². The average Bonchev–Trinajstić information content (AvgIpc) is 3.32. The summed E-state index contributed by atoms with van der Waals surface area (Å²) in [6.45, 7) is 0. The van der Waals surface area contributed by atoms with Crippen LogP contribution in [0.15, 0.2) is 61.1 Å². The number of carbonyl (C=O) groups is 1. The second-order valence-electron chi connectivity index (χ2n) is 5.23. The van der Waals surface area contributed by atoms with Gasteiger partial charge in [-0.2, -0.15) is 5.10 Å². The van der Waals surface area contributed by atoms with Crippen LogP contribution in [0, 0.1) is 0 Å². The molecule has 4 aromatic rings. The first-order valence-electron chi connectivity index (χ1n) is 7.56. The molecule has 128 valence electrons. The summed E-state index contributed by atoms with van der Waals surface area (Å²) < 4.78 is 1.58.